The molecular formula is C6H12O4. The largest absolute Gasteiger partial charge is 0.463 e. The smallest absolute Gasteiger partial charge is 0.302 e. The van der Waals surface area contributed by atoms with Gasteiger partial charge in [-0.15, -0.1) is 0 Å². The zero-order chi connectivity index (χ0) is 7.82. The number of hydrogen-bond donors (Lipinski definition) is 1. The molecule has 4 heteroatoms. The quantitative estimate of drug-likeness (QED) is 0.424. The predicted octanol–water partition coefficient (Wildman–Crippen LogP) is -0.442. The van der Waals surface area contributed by atoms with Gasteiger partial charge in [0.05, 0.1) is 19.8 Å². The molecule has 0 fully saturated rings. The Bertz CT molecular complexity index is 91.7. The lowest BCUT2D eigenvalue weighted by molar-refractivity contribution is -0.142. The minimum atomic E-state index is -0.312. The molecule has 0 radical (unpaired) electrons. The van der Waals surface area contributed by atoms with E-state index < -0.39 is 0 Å². The van der Waals surface area contributed by atoms with Gasteiger partial charge in [-0.05, 0) is 0 Å². The van der Waals surface area contributed by atoms with Crippen LogP contribution in [0.5, 0.6) is 0 Å². The van der Waals surface area contributed by atoms with Gasteiger partial charge in [-0.2, -0.15) is 0 Å². The van der Waals surface area contributed by atoms with Crippen LogP contribution in [0.1, 0.15) is 6.92 Å². The molecule has 0 aliphatic heterocycles. The summed E-state index contributed by atoms with van der Waals surface area (Å²) < 4.78 is 9.35. The van der Waals surface area contributed by atoms with Gasteiger partial charge in [0.2, 0.25) is 0 Å². The van der Waals surface area contributed by atoms with Crippen molar-refractivity contribution in [2.45, 2.75) is 6.92 Å². The van der Waals surface area contributed by atoms with Gasteiger partial charge >= 0.3 is 5.97 Å². The number of hydrogen-bond acceptors (Lipinski definition) is 4. The van der Waals surface area contributed by atoms with Crippen LogP contribution in [0.15, 0.2) is 0 Å². The summed E-state index contributed by atoms with van der Waals surface area (Å²) in [5.41, 5.74) is 0. The summed E-state index contributed by atoms with van der Waals surface area (Å²) in [4.78, 5) is 10.1. The Labute approximate surface area is 59.7 Å². The van der Waals surface area contributed by atoms with Gasteiger partial charge in [0.1, 0.15) is 6.61 Å². The maximum atomic E-state index is 10.1. The third-order valence-electron chi connectivity index (χ3n) is 0.769. The monoisotopic (exact) mass is 148 g/mol. The molecule has 0 aromatic heterocycles. The molecule has 0 spiro atoms. The zero-order valence-corrected chi connectivity index (χ0v) is 6.00. The van der Waals surface area contributed by atoms with E-state index in [9.17, 15) is 4.79 Å². The Morgan fingerprint density at radius 2 is 2.10 bits per heavy atom. The summed E-state index contributed by atoms with van der Waals surface area (Å²) in [6.45, 7) is 2.24. The topological polar surface area (TPSA) is 55.8 Å². The number of aliphatic hydroxyl groups excluding tert-OH is 1. The summed E-state index contributed by atoms with van der Waals surface area (Å²) in [5, 5.41) is 8.24. The van der Waals surface area contributed by atoms with Crippen LogP contribution >= 0.6 is 0 Å². The van der Waals surface area contributed by atoms with Crippen LogP contribution in [-0.2, 0) is 14.3 Å². The first-order chi connectivity index (χ1) is 4.77. The molecule has 10 heavy (non-hydrogen) atoms. The lowest BCUT2D eigenvalue weighted by Crippen LogP contribution is -2.09. The van der Waals surface area contributed by atoms with Gasteiger partial charge in [0, 0.05) is 6.92 Å². The van der Waals surface area contributed by atoms with Crippen molar-refractivity contribution in [3.05, 3.63) is 0 Å². The van der Waals surface area contributed by atoms with E-state index in [0.717, 1.165) is 0 Å². The van der Waals surface area contributed by atoms with Crippen molar-refractivity contribution < 1.29 is 19.4 Å². The molecule has 0 aliphatic carbocycles. The third kappa shape index (κ3) is 7.39. The summed E-state index contributed by atoms with van der Waals surface area (Å²) in [6, 6.07) is 0. The van der Waals surface area contributed by atoms with Gasteiger partial charge in [0.15, 0.2) is 0 Å². The summed E-state index contributed by atoms with van der Waals surface area (Å²) in [7, 11) is 0. The Kier molecular flexibility index (Phi) is 6.11. The van der Waals surface area contributed by atoms with Crippen molar-refractivity contribution in [3.63, 3.8) is 0 Å². The molecule has 0 aliphatic rings. The number of carbonyl (C=O) groups is 1. The second-order valence-electron chi connectivity index (χ2n) is 1.68. The molecule has 0 heterocycles. The molecule has 0 rings (SSSR count). The van der Waals surface area contributed by atoms with Crippen molar-refractivity contribution in [2.24, 2.45) is 0 Å². The summed E-state index contributed by atoms with van der Waals surface area (Å²) in [6.07, 6.45) is 0. The van der Waals surface area contributed by atoms with Gasteiger partial charge < -0.3 is 14.6 Å². The maximum absolute atomic E-state index is 10.1. The lowest BCUT2D eigenvalue weighted by atomic mass is 10.7. The molecule has 0 saturated carbocycles. The first-order valence-corrected chi connectivity index (χ1v) is 3.09. The molecule has 0 saturated heterocycles. The van der Waals surface area contributed by atoms with Crippen molar-refractivity contribution in [1.82, 2.24) is 0 Å². The van der Waals surface area contributed by atoms with E-state index >= 15 is 0 Å². The Hall–Kier alpha value is -0.610. The highest BCUT2D eigenvalue weighted by atomic mass is 16.6. The second-order valence-corrected chi connectivity index (χ2v) is 1.68. The Balaban J connectivity index is 2.84. The highest BCUT2D eigenvalue weighted by Gasteiger charge is 1.90. The average Bonchev–Trinajstić information content (AvgIpc) is 1.87. The predicted molar refractivity (Wildman–Crippen MR) is 34.5 cm³/mol. The van der Waals surface area contributed by atoms with Crippen LogP contribution in [0, 0.1) is 0 Å². The van der Waals surface area contributed by atoms with E-state index in [2.05, 4.69) is 4.74 Å². The lowest BCUT2D eigenvalue weighted by Gasteiger charge is -2.01. The highest BCUT2D eigenvalue weighted by molar-refractivity contribution is 5.65. The molecule has 0 aromatic rings. The molecule has 0 unspecified atom stereocenters. The van der Waals surface area contributed by atoms with Gasteiger partial charge in [-0.3, -0.25) is 4.79 Å². The Morgan fingerprint density at radius 3 is 2.60 bits per heavy atom. The van der Waals surface area contributed by atoms with Gasteiger partial charge in [-0.25, -0.2) is 0 Å². The third-order valence-corrected chi connectivity index (χ3v) is 0.769. The number of ether oxygens (including phenoxy) is 2. The maximum Gasteiger partial charge on any atom is 0.302 e. The van der Waals surface area contributed by atoms with Crippen LogP contribution in [0.3, 0.4) is 0 Å². The standard InChI is InChI=1S/C6H12O4/c1-6(8)10-5-4-9-3-2-7/h7H,2-5H2,1H3. The SMILES string of the molecule is CC(=O)OCCOCCO. The van der Waals surface area contributed by atoms with Crippen molar-refractivity contribution in [1.29, 1.82) is 0 Å². The fourth-order valence-electron chi connectivity index (χ4n) is 0.411. The van der Waals surface area contributed by atoms with Crippen LogP contribution in [0.25, 0.3) is 0 Å². The van der Waals surface area contributed by atoms with Crippen LogP contribution in [0.4, 0.5) is 0 Å². The fraction of sp³-hybridized carbons (Fsp3) is 0.833. The van der Waals surface area contributed by atoms with Crippen molar-refractivity contribution >= 4 is 5.97 Å². The van der Waals surface area contributed by atoms with E-state index in [4.69, 9.17) is 9.84 Å². The number of esters is 1. The Morgan fingerprint density at radius 1 is 1.40 bits per heavy atom. The van der Waals surface area contributed by atoms with Crippen LogP contribution < -0.4 is 0 Å². The zero-order valence-electron chi connectivity index (χ0n) is 6.00. The van der Waals surface area contributed by atoms with Gasteiger partial charge in [0.25, 0.3) is 0 Å². The number of aliphatic hydroxyl groups is 1. The minimum absolute atomic E-state index is 0.0000709. The van der Waals surface area contributed by atoms with Gasteiger partial charge in [-0.1, -0.05) is 0 Å². The molecule has 0 aromatic carbocycles. The normalized spacial score (nSPS) is 9.40. The van der Waals surface area contributed by atoms with E-state index in [1.54, 1.807) is 0 Å². The number of rotatable bonds is 5. The van der Waals surface area contributed by atoms with Crippen molar-refractivity contribution in [3.8, 4) is 0 Å². The molecular weight excluding hydrogens is 136 g/mol. The first kappa shape index (κ1) is 9.39. The van der Waals surface area contributed by atoms with Crippen LogP contribution in [0.2, 0.25) is 0 Å². The molecule has 4 nitrogen and oxygen atoms in total. The van der Waals surface area contributed by atoms with Crippen LogP contribution in [-0.4, -0.2) is 37.5 Å². The summed E-state index contributed by atoms with van der Waals surface area (Å²) >= 11 is 0. The average molecular weight is 148 g/mol. The highest BCUT2D eigenvalue weighted by Crippen LogP contribution is 1.78. The van der Waals surface area contributed by atoms with E-state index in [1.165, 1.54) is 6.92 Å². The molecule has 0 bridgehead atoms. The molecule has 0 atom stereocenters. The van der Waals surface area contributed by atoms with Crippen molar-refractivity contribution in [2.75, 3.05) is 26.4 Å². The number of carbonyl (C=O) groups excluding carboxylic acids is 1. The summed E-state index contributed by atoms with van der Waals surface area (Å²) in [5.74, 6) is -0.312. The van der Waals surface area contributed by atoms with E-state index in [1.807, 2.05) is 0 Å². The molecule has 60 valence electrons. The van der Waals surface area contributed by atoms with E-state index in [-0.39, 0.29) is 19.2 Å². The molecule has 1 N–H and O–H groups in total. The van der Waals surface area contributed by atoms with E-state index in [0.29, 0.717) is 13.2 Å². The first-order valence-electron chi connectivity index (χ1n) is 3.09. The second kappa shape index (κ2) is 6.51. The minimum Gasteiger partial charge on any atom is -0.463 e. The fourth-order valence-corrected chi connectivity index (χ4v) is 0.411. The molecule has 0 amide bonds.